The number of rotatable bonds is 0. The maximum atomic E-state index is 5.61. The van der Waals surface area contributed by atoms with Gasteiger partial charge in [-0.25, -0.2) is 9.97 Å². The zero-order valence-corrected chi connectivity index (χ0v) is 5.86. The van der Waals surface area contributed by atoms with Gasteiger partial charge < -0.3 is 5.73 Å². The first-order valence-corrected chi connectivity index (χ1v) is 3.33. The minimum absolute atomic E-state index is 0. The van der Waals surface area contributed by atoms with E-state index in [1.54, 1.807) is 0 Å². The van der Waals surface area contributed by atoms with Crippen LogP contribution in [-0.2, 0) is 0 Å². The Labute approximate surface area is 92.3 Å². The summed E-state index contributed by atoms with van der Waals surface area (Å²) in [6, 6.07) is 7.66. The van der Waals surface area contributed by atoms with E-state index in [-0.39, 0.29) is 29.6 Å². The summed E-state index contributed by atoms with van der Waals surface area (Å²) in [5.41, 5.74) is 6.49. The van der Waals surface area contributed by atoms with Gasteiger partial charge in [0.05, 0.1) is 5.52 Å². The van der Waals surface area contributed by atoms with Crippen molar-refractivity contribution >= 4 is 46.3 Å². The predicted molar refractivity (Wildman–Crippen MR) is 51.1 cm³/mol. The molecular weight excluding hydrogens is 161 g/mol. The number of fused-ring (bicyclic) bond motifs is 1. The van der Waals surface area contributed by atoms with Crippen LogP contribution in [0.3, 0.4) is 0 Å². The number of nitrogens with zero attached hydrogens (tertiary/aromatic N) is 2. The molecule has 0 unspecified atom stereocenters. The Morgan fingerprint density at radius 3 is 2.58 bits per heavy atom. The van der Waals surface area contributed by atoms with Crippen LogP contribution in [-0.4, -0.2) is 39.5 Å². The Hall–Kier alpha value is -0.640. The van der Waals surface area contributed by atoms with E-state index >= 15 is 0 Å². The van der Waals surface area contributed by atoms with Crippen LogP contribution in [0, 0.1) is 0 Å². The summed E-state index contributed by atoms with van der Waals surface area (Å²) in [5, 5.41) is 0.912. The number of anilines is 1. The third-order valence-corrected chi connectivity index (χ3v) is 1.57. The first kappa shape index (κ1) is 9.45. The van der Waals surface area contributed by atoms with Gasteiger partial charge in [-0.2, -0.15) is 0 Å². The van der Waals surface area contributed by atoms with E-state index in [0.717, 1.165) is 10.9 Å². The number of nitrogens with two attached hydrogens (primary N) is 1. The fourth-order valence-corrected chi connectivity index (χ4v) is 1.03. The number of para-hydroxylation sites is 1. The van der Waals surface area contributed by atoms with Crippen LogP contribution in [0.25, 0.3) is 10.9 Å². The Bertz CT molecular complexity index is 383. The predicted octanol–water partition coefficient (Wildman–Crippen LogP) is 0.564. The van der Waals surface area contributed by atoms with Crippen molar-refractivity contribution < 1.29 is 0 Å². The molecule has 56 valence electrons. The topological polar surface area (TPSA) is 51.8 Å². The summed E-state index contributed by atoms with van der Waals surface area (Å²) in [6.07, 6.45) is 1.47. The zero-order valence-electron chi connectivity index (χ0n) is 5.86. The van der Waals surface area contributed by atoms with Crippen molar-refractivity contribution in [1.82, 2.24) is 9.97 Å². The van der Waals surface area contributed by atoms with Crippen LogP contribution in [0.2, 0.25) is 0 Å². The van der Waals surface area contributed by atoms with Crippen molar-refractivity contribution in [3.8, 4) is 0 Å². The number of hydrogen-bond acceptors (Lipinski definition) is 3. The normalized spacial score (nSPS) is 9.33. The molecule has 0 bridgehead atoms. The molecule has 2 rings (SSSR count). The van der Waals surface area contributed by atoms with E-state index in [0.29, 0.717) is 5.82 Å². The van der Waals surface area contributed by atoms with Crippen LogP contribution in [0.5, 0.6) is 0 Å². The Morgan fingerprint density at radius 2 is 1.83 bits per heavy atom. The molecule has 0 radical (unpaired) electrons. The fraction of sp³-hybridized carbons (Fsp3) is 0. The summed E-state index contributed by atoms with van der Waals surface area (Å²) in [6.45, 7) is 0. The second-order valence-electron chi connectivity index (χ2n) is 2.28. The third kappa shape index (κ3) is 1.58. The van der Waals surface area contributed by atoms with Gasteiger partial charge in [0, 0.05) is 5.39 Å². The summed E-state index contributed by atoms with van der Waals surface area (Å²) in [4.78, 5) is 7.92. The van der Waals surface area contributed by atoms with E-state index in [1.165, 1.54) is 6.33 Å². The summed E-state index contributed by atoms with van der Waals surface area (Å²) < 4.78 is 0. The van der Waals surface area contributed by atoms with E-state index in [1.807, 2.05) is 24.3 Å². The van der Waals surface area contributed by atoms with Gasteiger partial charge in [0.25, 0.3) is 0 Å². The number of benzene rings is 1. The van der Waals surface area contributed by atoms with Gasteiger partial charge in [-0.1, -0.05) is 12.1 Å². The molecule has 0 aliphatic carbocycles. The van der Waals surface area contributed by atoms with E-state index in [9.17, 15) is 0 Å². The fourth-order valence-electron chi connectivity index (χ4n) is 1.03. The summed E-state index contributed by atoms with van der Waals surface area (Å²) in [5.74, 6) is 0.538. The zero-order chi connectivity index (χ0) is 7.68. The van der Waals surface area contributed by atoms with E-state index in [2.05, 4.69) is 9.97 Å². The van der Waals surface area contributed by atoms with Crippen LogP contribution in [0.4, 0.5) is 5.82 Å². The maximum absolute atomic E-state index is 5.61. The van der Waals surface area contributed by atoms with Gasteiger partial charge in [-0.15, -0.1) is 0 Å². The molecule has 1 heterocycles. The number of hydrogen-bond donors (Lipinski definition) is 1. The monoisotopic (exact) mass is 169 g/mol. The second kappa shape index (κ2) is 3.85. The first-order valence-electron chi connectivity index (χ1n) is 3.33. The van der Waals surface area contributed by atoms with Crippen LogP contribution < -0.4 is 5.73 Å². The molecule has 0 saturated heterocycles. The molecule has 12 heavy (non-hydrogen) atoms. The molecule has 2 aromatic rings. The Morgan fingerprint density at radius 1 is 1.08 bits per heavy atom. The van der Waals surface area contributed by atoms with Gasteiger partial charge in [0.1, 0.15) is 12.1 Å². The van der Waals surface area contributed by atoms with Crippen molar-refractivity contribution in [2.75, 3.05) is 5.73 Å². The molecular formula is C8H8N3Na. The van der Waals surface area contributed by atoms with Gasteiger partial charge in [-0.3, -0.25) is 0 Å². The molecule has 0 fully saturated rings. The first-order chi connectivity index (χ1) is 5.38. The number of nitrogen functional groups attached to an aromatic ring is 1. The molecule has 0 saturated carbocycles. The quantitative estimate of drug-likeness (QED) is 0.586. The van der Waals surface area contributed by atoms with Crippen molar-refractivity contribution in [3.63, 3.8) is 0 Å². The molecule has 1 aromatic carbocycles. The minimum atomic E-state index is 0. The molecule has 0 atom stereocenters. The molecule has 3 nitrogen and oxygen atoms in total. The summed E-state index contributed by atoms with van der Waals surface area (Å²) in [7, 11) is 0. The average molecular weight is 169 g/mol. The van der Waals surface area contributed by atoms with E-state index < -0.39 is 0 Å². The number of aromatic nitrogens is 2. The van der Waals surface area contributed by atoms with Gasteiger partial charge in [-0.05, 0) is 12.1 Å². The Balaban J connectivity index is 0.000000720. The van der Waals surface area contributed by atoms with Gasteiger partial charge in [0.2, 0.25) is 0 Å². The van der Waals surface area contributed by atoms with Crippen molar-refractivity contribution in [2.45, 2.75) is 0 Å². The third-order valence-electron chi connectivity index (χ3n) is 1.57. The SMILES string of the molecule is Nc1ncnc2ccccc12.[NaH]. The van der Waals surface area contributed by atoms with Crippen LogP contribution in [0.1, 0.15) is 0 Å². The average Bonchev–Trinajstić information content (AvgIpc) is 2.06. The molecule has 2 N–H and O–H groups in total. The van der Waals surface area contributed by atoms with Crippen molar-refractivity contribution in [3.05, 3.63) is 30.6 Å². The van der Waals surface area contributed by atoms with Crippen molar-refractivity contribution in [2.24, 2.45) is 0 Å². The summed E-state index contributed by atoms with van der Waals surface area (Å²) >= 11 is 0. The van der Waals surface area contributed by atoms with Crippen LogP contribution >= 0.6 is 0 Å². The van der Waals surface area contributed by atoms with Crippen LogP contribution in [0.15, 0.2) is 30.6 Å². The molecule has 4 heteroatoms. The van der Waals surface area contributed by atoms with Gasteiger partial charge in [0.15, 0.2) is 0 Å². The molecule has 1 aromatic heterocycles. The standard InChI is InChI=1S/C8H7N3.Na.H/c9-8-6-3-1-2-4-7(6)10-5-11-8;;/h1-5H,(H2,9,10,11);;. The second-order valence-corrected chi connectivity index (χ2v) is 2.28. The van der Waals surface area contributed by atoms with E-state index in [4.69, 9.17) is 5.73 Å². The molecule has 0 aliphatic rings. The molecule has 0 amide bonds. The molecule has 0 spiro atoms. The van der Waals surface area contributed by atoms with Gasteiger partial charge >= 0.3 is 29.6 Å². The molecule has 0 aliphatic heterocycles. The van der Waals surface area contributed by atoms with Crippen molar-refractivity contribution in [1.29, 1.82) is 0 Å². The Kier molecular flexibility index (Phi) is 3.03.